The summed E-state index contributed by atoms with van der Waals surface area (Å²) in [7, 11) is 2.01. The molecule has 128 valence electrons. The average Bonchev–Trinajstić information content (AvgIpc) is 2.49. The van der Waals surface area contributed by atoms with E-state index in [1.165, 1.54) is 5.56 Å². The van der Waals surface area contributed by atoms with Crippen LogP contribution in [0.5, 0.6) is 0 Å². The minimum absolute atomic E-state index is 0.194. The van der Waals surface area contributed by atoms with E-state index in [0.29, 0.717) is 12.0 Å². The summed E-state index contributed by atoms with van der Waals surface area (Å²) >= 11 is 3.48. The third-order valence-electron chi connectivity index (χ3n) is 4.20. The van der Waals surface area contributed by atoms with E-state index in [0.717, 1.165) is 30.4 Å². The van der Waals surface area contributed by atoms with Gasteiger partial charge in [0.05, 0.1) is 0 Å². The highest BCUT2D eigenvalue weighted by molar-refractivity contribution is 9.10. The lowest BCUT2D eigenvalue weighted by Gasteiger charge is -2.36. The normalized spacial score (nSPS) is 17.9. The lowest BCUT2D eigenvalue weighted by Crippen LogP contribution is -2.43. The fourth-order valence-electron chi connectivity index (χ4n) is 3.09. The second kappa shape index (κ2) is 7.67. The SMILES string of the molecule is CNC(c1ccc(Br)cc1)C1CCN(C(=O)OC(C)(C)C)CC1. The summed E-state index contributed by atoms with van der Waals surface area (Å²) in [6.45, 7) is 7.23. The second-order valence-electron chi connectivity index (χ2n) is 7.12. The van der Waals surface area contributed by atoms with Gasteiger partial charge in [-0.15, -0.1) is 0 Å². The van der Waals surface area contributed by atoms with Crippen molar-refractivity contribution >= 4 is 22.0 Å². The predicted molar refractivity (Wildman–Crippen MR) is 96.5 cm³/mol. The van der Waals surface area contributed by atoms with Crippen molar-refractivity contribution in [2.24, 2.45) is 5.92 Å². The van der Waals surface area contributed by atoms with Crippen molar-refractivity contribution in [3.8, 4) is 0 Å². The molecule has 1 unspecified atom stereocenters. The maximum Gasteiger partial charge on any atom is 0.410 e. The van der Waals surface area contributed by atoms with E-state index >= 15 is 0 Å². The number of carbonyl (C=O) groups is 1. The minimum Gasteiger partial charge on any atom is -0.444 e. The summed E-state index contributed by atoms with van der Waals surface area (Å²) < 4.78 is 6.56. The molecule has 1 N–H and O–H groups in total. The molecule has 2 rings (SSSR count). The summed E-state index contributed by atoms with van der Waals surface area (Å²) in [6.07, 6.45) is 1.78. The van der Waals surface area contributed by atoms with Gasteiger partial charge in [-0.2, -0.15) is 0 Å². The summed E-state index contributed by atoms with van der Waals surface area (Å²) in [6, 6.07) is 8.80. The highest BCUT2D eigenvalue weighted by Crippen LogP contribution is 2.31. The van der Waals surface area contributed by atoms with Gasteiger partial charge in [-0.1, -0.05) is 28.1 Å². The Hall–Kier alpha value is -1.07. The van der Waals surface area contributed by atoms with Crippen LogP contribution < -0.4 is 5.32 Å². The van der Waals surface area contributed by atoms with Gasteiger partial charge in [0, 0.05) is 23.6 Å². The van der Waals surface area contributed by atoms with Crippen LogP contribution in [0, 0.1) is 5.92 Å². The summed E-state index contributed by atoms with van der Waals surface area (Å²) in [5.41, 5.74) is 0.866. The number of rotatable bonds is 3. The molecule has 1 fully saturated rings. The largest absolute Gasteiger partial charge is 0.444 e. The lowest BCUT2D eigenvalue weighted by atomic mass is 9.85. The van der Waals surface area contributed by atoms with Gasteiger partial charge in [-0.05, 0) is 64.3 Å². The van der Waals surface area contributed by atoms with Crippen LogP contribution in [0.3, 0.4) is 0 Å². The Labute approximate surface area is 147 Å². The van der Waals surface area contributed by atoms with Crippen LogP contribution in [0.15, 0.2) is 28.7 Å². The Morgan fingerprint density at radius 2 is 1.83 bits per heavy atom. The molecular weight excluding hydrogens is 356 g/mol. The van der Waals surface area contributed by atoms with Gasteiger partial charge >= 0.3 is 6.09 Å². The zero-order valence-corrected chi connectivity index (χ0v) is 16.0. The lowest BCUT2D eigenvalue weighted by molar-refractivity contribution is 0.0170. The Morgan fingerprint density at radius 1 is 1.26 bits per heavy atom. The Morgan fingerprint density at radius 3 is 2.30 bits per heavy atom. The van der Waals surface area contributed by atoms with Gasteiger partial charge in [0.25, 0.3) is 0 Å². The first-order chi connectivity index (χ1) is 10.8. The van der Waals surface area contributed by atoms with Crippen LogP contribution in [0.1, 0.15) is 45.2 Å². The van der Waals surface area contributed by atoms with Crippen LogP contribution in [0.2, 0.25) is 0 Å². The molecule has 1 aromatic carbocycles. The van der Waals surface area contributed by atoms with E-state index in [-0.39, 0.29) is 6.09 Å². The Bertz CT molecular complexity index is 517. The van der Waals surface area contributed by atoms with Crippen molar-refractivity contribution in [3.63, 3.8) is 0 Å². The van der Waals surface area contributed by atoms with Crippen LogP contribution in [-0.2, 0) is 4.74 Å². The molecule has 0 spiro atoms. The van der Waals surface area contributed by atoms with Crippen molar-refractivity contribution in [3.05, 3.63) is 34.3 Å². The number of piperidine rings is 1. The molecule has 1 aromatic rings. The number of ether oxygens (including phenoxy) is 1. The number of carbonyl (C=O) groups excluding carboxylic acids is 1. The van der Waals surface area contributed by atoms with Crippen molar-refractivity contribution in [2.45, 2.75) is 45.3 Å². The highest BCUT2D eigenvalue weighted by Gasteiger charge is 2.30. The van der Waals surface area contributed by atoms with E-state index in [9.17, 15) is 4.79 Å². The van der Waals surface area contributed by atoms with E-state index in [2.05, 4.69) is 45.5 Å². The molecule has 1 aliphatic heterocycles. The molecule has 5 heteroatoms. The topological polar surface area (TPSA) is 41.6 Å². The van der Waals surface area contributed by atoms with E-state index in [4.69, 9.17) is 4.74 Å². The van der Waals surface area contributed by atoms with Crippen LogP contribution >= 0.6 is 15.9 Å². The Kier molecular flexibility index (Phi) is 6.09. The maximum absolute atomic E-state index is 12.2. The highest BCUT2D eigenvalue weighted by atomic mass is 79.9. The fraction of sp³-hybridized carbons (Fsp3) is 0.611. The van der Waals surface area contributed by atoms with Crippen LogP contribution in [0.25, 0.3) is 0 Å². The van der Waals surface area contributed by atoms with Crippen LogP contribution in [-0.4, -0.2) is 36.7 Å². The summed E-state index contributed by atoms with van der Waals surface area (Å²) in [5.74, 6) is 0.528. The van der Waals surface area contributed by atoms with Crippen molar-refractivity contribution < 1.29 is 9.53 Å². The summed E-state index contributed by atoms with van der Waals surface area (Å²) in [5, 5.41) is 3.44. The molecule has 0 aromatic heterocycles. The molecule has 1 heterocycles. The number of amides is 1. The van der Waals surface area contributed by atoms with E-state index in [1.54, 1.807) is 0 Å². The number of nitrogens with one attached hydrogen (secondary N) is 1. The van der Waals surface area contributed by atoms with Crippen molar-refractivity contribution in [2.75, 3.05) is 20.1 Å². The molecule has 0 radical (unpaired) electrons. The molecule has 1 saturated heterocycles. The monoisotopic (exact) mass is 382 g/mol. The molecule has 1 aliphatic rings. The van der Waals surface area contributed by atoms with Gasteiger partial charge in [0.1, 0.15) is 5.60 Å². The standard InChI is InChI=1S/C18H27BrN2O2/c1-18(2,3)23-17(22)21-11-9-14(10-12-21)16(20-4)13-5-7-15(19)8-6-13/h5-8,14,16,20H,9-12H2,1-4H3. The molecule has 0 saturated carbocycles. The minimum atomic E-state index is -0.432. The zero-order valence-electron chi connectivity index (χ0n) is 14.4. The second-order valence-corrected chi connectivity index (χ2v) is 8.04. The first-order valence-electron chi connectivity index (χ1n) is 8.21. The smallest absolute Gasteiger partial charge is 0.410 e. The molecule has 0 aliphatic carbocycles. The summed E-state index contributed by atoms with van der Waals surface area (Å²) in [4.78, 5) is 14.0. The number of benzene rings is 1. The van der Waals surface area contributed by atoms with Crippen molar-refractivity contribution in [1.82, 2.24) is 10.2 Å². The predicted octanol–water partition coefficient (Wildman–Crippen LogP) is 4.36. The maximum atomic E-state index is 12.2. The first kappa shape index (κ1) is 18.3. The molecule has 4 nitrogen and oxygen atoms in total. The number of nitrogens with zero attached hydrogens (tertiary/aromatic N) is 1. The number of hydrogen-bond acceptors (Lipinski definition) is 3. The molecule has 1 atom stereocenters. The van der Waals surface area contributed by atoms with Gasteiger partial charge in [0.2, 0.25) is 0 Å². The van der Waals surface area contributed by atoms with E-state index in [1.807, 2.05) is 32.7 Å². The number of halogens is 1. The number of likely N-dealkylation sites (tertiary alicyclic amines) is 1. The quantitative estimate of drug-likeness (QED) is 0.844. The van der Waals surface area contributed by atoms with Crippen LogP contribution in [0.4, 0.5) is 4.79 Å². The zero-order chi connectivity index (χ0) is 17.0. The van der Waals surface area contributed by atoms with Crippen molar-refractivity contribution in [1.29, 1.82) is 0 Å². The molecule has 1 amide bonds. The van der Waals surface area contributed by atoms with Gasteiger partial charge in [0.15, 0.2) is 0 Å². The van der Waals surface area contributed by atoms with Gasteiger partial charge in [-0.25, -0.2) is 4.79 Å². The van der Waals surface area contributed by atoms with Gasteiger partial charge < -0.3 is 15.0 Å². The number of hydrogen-bond donors (Lipinski definition) is 1. The first-order valence-corrected chi connectivity index (χ1v) is 9.00. The third-order valence-corrected chi connectivity index (χ3v) is 4.73. The molecule has 0 bridgehead atoms. The third kappa shape index (κ3) is 5.21. The van der Waals surface area contributed by atoms with Gasteiger partial charge in [-0.3, -0.25) is 0 Å². The molecule has 23 heavy (non-hydrogen) atoms. The average molecular weight is 383 g/mol. The molecular formula is C18H27BrN2O2. The Balaban J connectivity index is 1.94. The fourth-order valence-corrected chi connectivity index (χ4v) is 3.35. The van der Waals surface area contributed by atoms with E-state index < -0.39 is 5.60 Å².